The minimum absolute atomic E-state index is 0.0847. The Morgan fingerprint density at radius 3 is 2.74 bits per heavy atom. The Hall–Kier alpha value is -0.220. The average molecular weight is 282 g/mol. The monoisotopic (exact) mass is 282 g/mol. The highest BCUT2D eigenvalue weighted by Gasteiger charge is 2.39. The standard InChI is InChI=1S/C15H26N2OS/c1-19-12-7-6-11(9-12)16-15(18)14-8-10-4-2-3-5-13(10)17-14/h10-14,17H,2-9H2,1H3,(H,16,18). The van der Waals surface area contributed by atoms with Crippen LogP contribution in [0.1, 0.15) is 51.4 Å². The van der Waals surface area contributed by atoms with Crippen molar-refractivity contribution in [1.82, 2.24) is 10.6 Å². The first-order chi connectivity index (χ1) is 9.26. The van der Waals surface area contributed by atoms with E-state index >= 15 is 0 Å². The van der Waals surface area contributed by atoms with Gasteiger partial charge in [-0.2, -0.15) is 11.8 Å². The molecule has 0 spiro atoms. The highest BCUT2D eigenvalue weighted by molar-refractivity contribution is 7.99. The smallest absolute Gasteiger partial charge is 0.237 e. The van der Waals surface area contributed by atoms with Crippen LogP contribution in [0.4, 0.5) is 0 Å². The van der Waals surface area contributed by atoms with Crippen LogP contribution < -0.4 is 10.6 Å². The van der Waals surface area contributed by atoms with Crippen molar-refractivity contribution in [3.8, 4) is 0 Å². The largest absolute Gasteiger partial charge is 0.352 e. The zero-order valence-electron chi connectivity index (χ0n) is 11.9. The average Bonchev–Trinajstić information content (AvgIpc) is 3.04. The van der Waals surface area contributed by atoms with E-state index in [2.05, 4.69) is 16.9 Å². The summed E-state index contributed by atoms with van der Waals surface area (Å²) in [6.45, 7) is 0. The molecule has 3 aliphatic rings. The molecule has 19 heavy (non-hydrogen) atoms. The van der Waals surface area contributed by atoms with Crippen molar-refractivity contribution < 1.29 is 4.79 Å². The molecule has 4 heteroatoms. The van der Waals surface area contributed by atoms with Crippen molar-refractivity contribution >= 4 is 17.7 Å². The van der Waals surface area contributed by atoms with Crippen LogP contribution in [0.2, 0.25) is 0 Å². The van der Waals surface area contributed by atoms with E-state index in [0.29, 0.717) is 12.1 Å². The molecule has 3 fully saturated rings. The van der Waals surface area contributed by atoms with Gasteiger partial charge in [0.15, 0.2) is 0 Å². The van der Waals surface area contributed by atoms with Gasteiger partial charge in [-0.3, -0.25) is 4.79 Å². The fourth-order valence-corrected chi connectivity index (χ4v) is 4.90. The number of nitrogens with one attached hydrogen (secondary N) is 2. The predicted octanol–water partition coefficient (Wildman–Crippen LogP) is 2.31. The van der Waals surface area contributed by atoms with Gasteiger partial charge in [0, 0.05) is 17.3 Å². The number of hydrogen-bond donors (Lipinski definition) is 2. The van der Waals surface area contributed by atoms with Gasteiger partial charge in [-0.1, -0.05) is 12.8 Å². The summed E-state index contributed by atoms with van der Waals surface area (Å²) in [7, 11) is 0. The van der Waals surface area contributed by atoms with Gasteiger partial charge < -0.3 is 10.6 Å². The normalized spacial score (nSPS) is 42.1. The van der Waals surface area contributed by atoms with E-state index in [1.807, 2.05) is 11.8 Å². The molecule has 0 bridgehead atoms. The maximum atomic E-state index is 12.4. The molecule has 0 aromatic heterocycles. The number of carbonyl (C=O) groups is 1. The molecule has 5 unspecified atom stereocenters. The van der Waals surface area contributed by atoms with Crippen molar-refractivity contribution in [1.29, 1.82) is 0 Å². The first-order valence-electron chi connectivity index (χ1n) is 7.85. The van der Waals surface area contributed by atoms with Gasteiger partial charge in [0.2, 0.25) is 5.91 Å². The van der Waals surface area contributed by atoms with Crippen LogP contribution in [0.3, 0.4) is 0 Å². The molecule has 0 aromatic rings. The van der Waals surface area contributed by atoms with E-state index in [1.54, 1.807) is 0 Å². The zero-order chi connectivity index (χ0) is 13.2. The van der Waals surface area contributed by atoms with Crippen LogP contribution in [0.5, 0.6) is 0 Å². The van der Waals surface area contributed by atoms with E-state index in [0.717, 1.165) is 30.4 Å². The summed E-state index contributed by atoms with van der Waals surface area (Å²) in [5.41, 5.74) is 0. The van der Waals surface area contributed by atoms with Gasteiger partial charge in [0.05, 0.1) is 6.04 Å². The molecule has 0 radical (unpaired) electrons. The van der Waals surface area contributed by atoms with E-state index in [4.69, 9.17) is 0 Å². The van der Waals surface area contributed by atoms with Crippen LogP contribution >= 0.6 is 11.8 Å². The molecule has 5 atom stereocenters. The Morgan fingerprint density at radius 2 is 2.00 bits per heavy atom. The molecule has 1 heterocycles. The zero-order valence-corrected chi connectivity index (χ0v) is 12.7. The van der Waals surface area contributed by atoms with Crippen LogP contribution in [0.15, 0.2) is 0 Å². The summed E-state index contributed by atoms with van der Waals surface area (Å²) >= 11 is 1.94. The summed E-state index contributed by atoms with van der Waals surface area (Å²) in [4.78, 5) is 12.4. The molecule has 2 N–H and O–H groups in total. The molecular formula is C15H26N2OS. The third-order valence-corrected chi connectivity index (χ3v) is 6.34. The lowest BCUT2D eigenvalue weighted by atomic mass is 9.85. The predicted molar refractivity (Wildman–Crippen MR) is 80.4 cm³/mol. The second-order valence-corrected chi connectivity index (χ2v) is 7.62. The lowest BCUT2D eigenvalue weighted by molar-refractivity contribution is -0.123. The Bertz CT molecular complexity index is 322. The highest BCUT2D eigenvalue weighted by Crippen LogP contribution is 2.33. The molecular weight excluding hydrogens is 256 g/mol. The van der Waals surface area contributed by atoms with Crippen LogP contribution in [0, 0.1) is 5.92 Å². The van der Waals surface area contributed by atoms with Gasteiger partial charge >= 0.3 is 0 Å². The second kappa shape index (κ2) is 6.04. The van der Waals surface area contributed by atoms with Gasteiger partial charge in [-0.25, -0.2) is 0 Å². The Morgan fingerprint density at radius 1 is 1.16 bits per heavy atom. The van der Waals surface area contributed by atoms with Crippen LogP contribution in [-0.4, -0.2) is 35.5 Å². The summed E-state index contributed by atoms with van der Waals surface area (Å²) < 4.78 is 0. The van der Waals surface area contributed by atoms with E-state index in [1.165, 1.54) is 32.1 Å². The maximum Gasteiger partial charge on any atom is 0.237 e. The topological polar surface area (TPSA) is 41.1 Å². The van der Waals surface area contributed by atoms with E-state index in [-0.39, 0.29) is 11.9 Å². The lowest BCUT2D eigenvalue weighted by Gasteiger charge is -2.24. The third-order valence-electron chi connectivity index (χ3n) is 5.24. The second-order valence-electron chi connectivity index (χ2n) is 6.48. The molecule has 3 rings (SSSR count). The SMILES string of the molecule is CSC1CCC(NC(=O)C2CC3CCCCC3N2)C1. The van der Waals surface area contributed by atoms with Crippen molar-refractivity contribution in [3.05, 3.63) is 0 Å². The van der Waals surface area contributed by atoms with E-state index < -0.39 is 0 Å². The lowest BCUT2D eigenvalue weighted by Crippen LogP contribution is -2.46. The summed E-state index contributed by atoms with van der Waals surface area (Å²) in [6.07, 6.45) is 12.1. The highest BCUT2D eigenvalue weighted by atomic mass is 32.2. The van der Waals surface area contributed by atoms with Crippen molar-refractivity contribution in [3.63, 3.8) is 0 Å². The van der Waals surface area contributed by atoms with Crippen LogP contribution in [0.25, 0.3) is 0 Å². The molecule has 0 aromatic carbocycles. The van der Waals surface area contributed by atoms with Crippen molar-refractivity contribution in [2.75, 3.05) is 6.26 Å². The Balaban J connectivity index is 1.48. The van der Waals surface area contributed by atoms with E-state index in [9.17, 15) is 4.79 Å². The quantitative estimate of drug-likeness (QED) is 0.834. The Kier molecular flexibility index (Phi) is 4.37. The molecule has 108 valence electrons. The number of amides is 1. The number of rotatable bonds is 3. The summed E-state index contributed by atoms with van der Waals surface area (Å²) in [5.74, 6) is 1.02. The fourth-order valence-electron chi connectivity index (χ4n) is 4.11. The molecule has 1 aliphatic heterocycles. The van der Waals surface area contributed by atoms with Gasteiger partial charge in [-0.05, 0) is 50.7 Å². The molecule has 2 aliphatic carbocycles. The number of carbonyl (C=O) groups excluding carboxylic acids is 1. The van der Waals surface area contributed by atoms with Gasteiger partial charge in [-0.15, -0.1) is 0 Å². The summed E-state index contributed by atoms with van der Waals surface area (Å²) in [6, 6.07) is 1.13. The van der Waals surface area contributed by atoms with Gasteiger partial charge in [0.25, 0.3) is 0 Å². The minimum Gasteiger partial charge on any atom is -0.352 e. The fraction of sp³-hybridized carbons (Fsp3) is 0.933. The third kappa shape index (κ3) is 3.10. The Labute approximate surface area is 120 Å². The maximum absolute atomic E-state index is 12.4. The first-order valence-corrected chi connectivity index (χ1v) is 9.14. The molecule has 2 saturated carbocycles. The van der Waals surface area contributed by atoms with Crippen LogP contribution in [-0.2, 0) is 4.79 Å². The number of fused-ring (bicyclic) bond motifs is 1. The summed E-state index contributed by atoms with van der Waals surface area (Å²) in [5, 5.41) is 7.61. The molecule has 1 amide bonds. The molecule has 1 saturated heterocycles. The molecule has 3 nitrogen and oxygen atoms in total. The van der Waals surface area contributed by atoms with Crippen molar-refractivity contribution in [2.45, 2.75) is 74.7 Å². The minimum atomic E-state index is 0.0847. The number of hydrogen-bond acceptors (Lipinski definition) is 3. The van der Waals surface area contributed by atoms with Gasteiger partial charge in [0.1, 0.15) is 0 Å². The van der Waals surface area contributed by atoms with Crippen molar-refractivity contribution in [2.24, 2.45) is 5.92 Å². The number of thioether (sulfide) groups is 1. The first kappa shape index (κ1) is 13.7.